The molecule has 0 bridgehead atoms. The minimum absolute atomic E-state index is 0.696. The van der Waals surface area contributed by atoms with E-state index in [1.807, 2.05) is 0 Å². The molecule has 1 fully saturated rings. The van der Waals surface area contributed by atoms with Crippen LogP contribution < -0.4 is 0 Å². The van der Waals surface area contributed by atoms with Crippen LogP contribution in [0.15, 0.2) is 24.1 Å². The zero-order chi connectivity index (χ0) is 6.69. The van der Waals surface area contributed by atoms with Crippen molar-refractivity contribution in [1.29, 1.82) is 0 Å². The summed E-state index contributed by atoms with van der Waals surface area (Å²) in [5.74, 6) is 0. The van der Waals surface area contributed by atoms with Crippen molar-refractivity contribution in [2.24, 2.45) is 0 Å². The van der Waals surface area contributed by atoms with Gasteiger partial charge >= 0.3 is 0 Å². The minimum atomic E-state index is 0.696. The van der Waals surface area contributed by atoms with Crippen molar-refractivity contribution in [2.75, 3.05) is 0 Å². The van der Waals surface area contributed by atoms with E-state index in [2.05, 4.69) is 6.58 Å². The summed E-state index contributed by atoms with van der Waals surface area (Å²) in [6.07, 6.45) is 4.86. The van der Waals surface area contributed by atoms with Crippen LogP contribution in [0.2, 0.25) is 0 Å². The van der Waals surface area contributed by atoms with E-state index in [9.17, 15) is 4.39 Å². The monoisotopic (exact) mass is 126 g/mol. The standard InChI is InChI=1S/C8H11F/c1-7-4-2-3-5-8(7)6-9/h6H,1-5H2/b8-6-. The summed E-state index contributed by atoms with van der Waals surface area (Å²) in [6, 6.07) is 0. The Bertz CT molecular complexity index is 145. The molecule has 0 N–H and O–H groups in total. The van der Waals surface area contributed by atoms with Crippen molar-refractivity contribution in [3.05, 3.63) is 24.1 Å². The summed E-state index contributed by atoms with van der Waals surface area (Å²) in [5.41, 5.74) is 1.81. The third kappa shape index (κ3) is 1.41. The van der Waals surface area contributed by atoms with Crippen molar-refractivity contribution in [3.8, 4) is 0 Å². The third-order valence-electron chi connectivity index (χ3n) is 1.76. The zero-order valence-corrected chi connectivity index (χ0v) is 5.49. The lowest BCUT2D eigenvalue weighted by Crippen LogP contribution is -1.95. The molecule has 0 heterocycles. The number of hydrogen-bond acceptors (Lipinski definition) is 0. The highest BCUT2D eigenvalue weighted by molar-refractivity contribution is 5.28. The van der Waals surface area contributed by atoms with Crippen LogP contribution in [0.5, 0.6) is 0 Å². The Morgan fingerprint density at radius 2 is 2.00 bits per heavy atom. The number of hydrogen-bond donors (Lipinski definition) is 0. The van der Waals surface area contributed by atoms with Crippen LogP contribution in [-0.2, 0) is 0 Å². The summed E-state index contributed by atoms with van der Waals surface area (Å²) in [6.45, 7) is 3.76. The van der Waals surface area contributed by atoms with Gasteiger partial charge in [-0.1, -0.05) is 6.58 Å². The van der Waals surface area contributed by atoms with Gasteiger partial charge in [0.05, 0.1) is 6.33 Å². The molecule has 1 rings (SSSR count). The molecule has 1 aliphatic carbocycles. The van der Waals surface area contributed by atoms with Gasteiger partial charge in [0.2, 0.25) is 0 Å². The highest BCUT2D eigenvalue weighted by atomic mass is 19.1. The first-order valence-corrected chi connectivity index (χ1v) is 3.32. The molecule has 0 aromatic heterocycles. The van der Waals surface area contributed by atoms with Gasteiger partial charge in [0.25, 0.3) is 0 Å². The summed E-state index contributed by atoms with van der Waals surface area (Å²) < 4.78 is 11.9. The van der Waals surface area contributed by atoms with Gasteiger partial charge in [0.15, 0.2) is 0 Å². The molecule has 0 atom stereocenters. The van der Waals surface area contributed by atoms with Gasteiger partial charge in [-0.15, -0.1) is 0 Å². The predicted octanol–water partition coefficient (Wildman–Crippen LogP) is 2.97. The smallest absolute Gasteiger partial charge is 0.0901 e. The van der Waals surface area contributed by atoms with Crippen LogP contribution in [0.4, 0.5) is 4.39 Å². The number of allylic oxidation sites excluding steroid dienone is 2. The van der Waals surface area contributed by atoms with Crippen molar-refractivity contribution in [1.82, 2.24) is 0 Å². The Morgan fingerprint density at radius 1 is 1.33 bits per heavy atom. The van der Waals surface area contributed by atoms with Gasteiger partial charge in [0, 0.05) is 0 Å². The second-order valence-corrected chi connectivity index (χ2v) is 2.45. The molecule has 1 aliphatic rings. The van der Waals surface area contributed by atoms with Crippen LogP contribution >= 0.6 is 0 Å². The molecule has 0 unspecified atom stereocenters. The van der Waals surface area contributed by atoms with Gasteiger partial charge in [0.1, 0.15) is 0 Å². The molecule has 0 saturated heterocycles. The second-order valence-electron chi connectivity index (χ2n) is 2.45. The Morgan fingerprint density at radius 3 is 2.44 bits per heavy atom. The normalized spacial score (nSPS) is 25.0. The average Bonchev–Trinajstić information content (AvgIpc) is 1.89. The molecule has 1 saturated carbocycles. The van der Waals surface area contributed by atoms with Gasteiger partial charge < -0.3 is 0 Å². The fourth-order valence-electron chi connectivity index (χ4n) is 1.12. The fourth-order valence-corrected chi connectivity index (χ4v) is 1.12. The van der Waals surface area contributed by atoms with Crippen molar-refractivity contribution in [3.63, 3.8) is 0 Å². The molecule has 0 nitrogen and oxygen atoms in total. The van der Waals surface area contributed by atoms with E-state index in [1.54, 1.807) is 0 Å². The van der Waals surface area contributed by atoms with E-state index in [0.29, 0.717) is 6.33 Å². The summed E-state index contributed by atoms with van der Waals surface area (Å²) in [7, 11) is 0. The molecule has 0 radical (unpaired) electrons. The lowest BCUT2D eigenvalue weighted by atomic mass is 9.92. The van der Waals surface area contributed by atoms with E-state index in [4.69, 9.17) is 0 Å². The van der Waals surface area contributed by atoms with Crippen LogP contribution in [0.25, 0.3) is 0 Å². The Hall–Kier alpha value is -0.590. The van der Waals surface area contributed by atoms with E-state index in [0.717, 1.165) is 30.4 Å². The largest absolute Gasteiger partial charge is 0.215 e. The van der Waals surface area contributed by atoms with Crippen LogP contribution in [0.1, 0.15) is 25.7 Å². The third-order valence-corrected chi connectivity index (χ3v) is 1.76. The van der Waals surface area contributed by atoms with E-state index >= 15 is 0 Å². The van der Waals surface area contributed by atoms with E-state index < -0.39 is 0 Å². The van der Waals surface area contributed by atoms with Gasteiger partial charge in [-0.25, -0.2) is 4.39 Å². The van der Waals surface area contributed by atoms with Crippen LogP contribution in [0.3, 0.4) is 0 Å². The maximum absolute atomic E-state index is 11.9. The molecule has 0 spiro atoms. The highest BCUT2D eigenvalue weighted by Crippen LogP contribution is 2.26. The molecule has 9 heavy (non-hydrogen) atoms. The Labute approximate surface area is 55.1 Å². The minimum Gasteiger partial charge on any atom is -0.215 e. The van der Waals surface area contributed by atoms with Crippen LogP contribution in [-0.4, -0.2) is 0 Å². The van der Waals surface area contributed by atoms with Gasteiger partial charge in [-0.05, 0) is 36.8 Å². The molecule has 0 aromatic carbocycles. The molecule has 0 amide bonds. The second kappa shape index (κ2) is 2.81. The SMILES string of the molecule is C=C1CCCC/C1=C/F. The molecule has 1 heteroatoms. The first-order chi connectivity index (χ1) is 4.34. The van der Waals surface area contributed by atoms with E-state index in [-0.39, 0.29) is 0 Å². The lowest BCUT2D eigenvalue weighted by molar-refractivity contribution is 0.641. The molecule has 0 aliphatic heterocycles. The predicted molar refractivity (Wildman–Crippen MR) is 36.8 cm³/mol. The zero-order valence-electron chi connectivity index (χ0n) is 5.49. The van der Waals surface area contributed by atoms with Crippen molar-refractivity contribution in [2.45, 2.75) is 25.7 Å². The van der Waals surface area contributed by atoms with E-state index in [1.165, 1.54) is 6.42 Å². The Kier molecular flexibility index (Phi) is 2.04. The topological polar surface area (TPSA) is 0 Å². The lowest BCUT2D eigenvalue weighted by Gasteiger charge is -2.14. The molecular formula is C8H11F. The van der Waals surface area contributed by atoms with Crippen molar-refractivity contribution < 1.29 is 4.39 Å². The maximum atomic E-state index is 11.9. The summed E-state index contributed by atoms with van der Waals surface area (Å²) in [5, 5.41) is 0. The van der Waals surface area contributed by atoms with Gasteiger partial charge in [-0.2, -0.15) is 0 Å². The maximum Gasteiger partial charge on any atom is 0.0901 e. The molecule has 50 valence electrons. The quantitative estimate of drug-likeness (QED) is 0.468. The summed E-state index contributed by atoms with van der Waals surface area (Å²) in [4.78, 5) is 0. The fraction of sp³-hybridized carbons (Fsp3) is 0.500. The highest BCUT2D eigenvalue weighted by Gasteiger charge is 2.08. The van der Waals surface area contributed by atoms with Crippen LogP contribution in [0, 0.1) is 0 Å². The Balaban J connectivity index is 2.60. The first-order valence-electron chi connectivity index (χ1n) is 3.32. The number of rotatable bonds is 0. The number of halogens is 1. The average molecular weight is 126 g/mol. The van der Waals surface area contributed by atoms with Crippen molar-refractivity contribution >= 4 is 0 Å². The summed E-state index contributed by atoms with van der Waals surface area (Å²) >= 11 is 0. The van der Waals surface area contributed by atoms with Gasteiger partial charge in [-0.3, -0.25) is 0 Å². The molecular weight excluding hydrogens is 115 g/mol. The molecule has 0 aromatic rings. The first kappa shape index (κ1) is 6.53.